The molecule has 2 amide bonds. The van der Waals surface area contributed by atoms with Gasteiger partial charge in [0, 0.05) is 5.69 Å². The molecule has 0 bridgehead atoms. The van der Waals surface area contributed by atoms with Gasteiger partial charge >= 0.3 is 0 Å². The molecule has 1 atom stereocenters. The van der Waals surface area contributed by atoms with Crippen LogP contribution in [0.4, 0.5) is 5.69 Å². The molecule has 0 radical (unpaired) electrons. The standard InChI is InChI=1S/C26H23N3O3S/c1-17-8-10-20(11-9-17)29-25(31)23(14-19-6-3-5-18(2)13-19)33-26(29)22(15-27)24(30)28-16-21-7-4-12-32-21/h3-13,23H,14,16H2,1-2H3,(H,28,30)/b26-22+/t23-/m1/s1. The summed E-state index contributed by atoms with van der Waals surface area (Å²) < 4.78 is 5.25. The van der Waals surface area contributed by atoms with Crippen molar-refractivity contribution < 1.29 is 14.0 Å². The van der Waals surface area contributed by atoms with Crippen molar-refractivity contribution in [3.05, 3.63) is 100.0 Å². The third kappa shape index (κ3) is 5.02. The number of rotatable bonds is 6. The molecule has 1 aromatic heterocycles. The third-order valence-electron chi connectivity index (χ3n) is 5.30. The predicted octanol–water partition coefficient (Wildman–Crippen LogP) is 4.64. The monoisotopic (exact) mass is 457 g/mol. The van der Waals surface area contributed by atoms with Gasteiger partial charge in [-0.15, -0.1) is 0 Å². The Bertz CT molecular complexity index is 1240. The number of hydrogen-bond acceptors (Lipinski definition) is 5. The van der Waals surface area contributed by atoms with E-state index in [-0.39, 0.29) is 18.0 Å². The van der Waals surface area contributed by atoms with Crippen LogP contribution in [-0.4, -0.2) is 17.1 Å². The first kappa shape index (κ1) is 22.4. The Labute approximate surface area is 196 Å². The van der Waals surface area contributed by atoms with E-state index in [9.17, 15) is 14.9 Å². The van der Waals surface area contributed by atoms with Gasteiger partial charge in [0.05, 0.1) is 18.1 Å². The summed E-state index contributed by atoms with van der Waals surface area (Å²) in [5, 5.41) is 12.5. The van der Waals surface area contributed by atoms with Gasteiger partial charge in [-0.2, -0.15) is 5.26 Å². The highest BCUT2D eigenvalue weighted by Gasteiger charge is 2.40. The first-order valence-electron chi connectivity index (χ1n) is 10.5. The summed E-state index contributed by atoms with van der Waals surface area (Å²) in [7, 11) is 0. The Morgan fingerprint density at radius 2 is 1.91 bits per heavy atom. The van der Waals surface area contributed by atoms with E-state index in [1.165, 1.54) is 22.9 Å². The number of hydrogen-bond donors (Lipinski definition) is 1. The zero-order valence-electron chi connectivity index (χ0n) is 18.4. The van der Waals surface area contributed by atoms with Crippen molar-refractivity contribution in [2.75, 3.05) is 4.90 Å². The Hall–Kier alpha value is -3.76. The maximum absolute atomic E-state index is 13.5. The second kappa shape index (κ2) is 9.80. The Morgan fingerprint density at radius 1 is 1.12 bits per heavy atom. The fourth-order valence-electron chi connectivity index (χ4n) is 3.64. The molecular weight excluding hydrogens is 434 g/mol. The molecule has 7 heteroatoms. The number of benzene rings is 2. The molecule has 4 rings (SSSR count). The second-order valence-electron chi connectivity index (χ2n) is 7.86. The van der Waals surface area contributed by atoms with E-state index in [4.69, 9.17) is 4.42 Å². The van der Waals surface area contributed by atoms with Crippen molar-refractivity contribution >= 4 is 29.3 Å². The Morgan fingerprint density at radius 3 is 2.58 bits per heavy atom. The largest absolute Gasteiger partial charge is 0.467 e. The van der Waals surface area contributed by atoms with Crippen LogP contribution in [0, 0.1) is 25.2 Å². The van der Waals surface area contributed by atoms with Crippen LogP contribution in [0.5, 0.6) is 0 Å². The lowest BCUT2D eigenvalue weighted by Crippen LogP contribution is -2.32. The normalized spacial score (nSPS) is 17.1. The van der Waals surface area contributed by atoms with Crippen molar-refractivity contribution in [1.29, 1.82) is 5.26 Å². The molecule has 2 aromatic carbocycles. The van der Waals surface area contributed by atoms with Crippen molar-refractivity contribution in [1.82, 2.24) is 5.32 Å². The highest BCUT2D eigenvalue weighted by Crippen LogP contribution is 2.42. The van der Waals surface area contributed by atoms with E-state index in [0.29, 0.717) is 22.9 Å². The lowest BCUT2D eigenvalue weighted by Gasteiger charge is -2.19. The lowest BCUT2D eigenvalue weighted by molar-refractivity contribution is -0.117. The van der Waals surface area contributed by atoms with Crippen molar-refractivity contribution in [3.63, 3.8) is 0 Å². The summed E-state index contributed by atoms with van der Waals surface area (Å²) in [5.74, 6) is -0.113. The molecule has 166 valence electrons. The minimum Gasteiger partial charge on any atom is -0.467 e. The van der Waals surface area contributed by atoms with Gasteiger partial charge in [-0.1, -0.05) is 59.3 Å². The van der Waals surface area contributed by atoms with Crippen LogP contribution >= 0.6 is 11.8 Å². The number of furan rings is 1. The smallest absolute Gasteiger partial charge is 0.265 e. The molecule has 33 heavy (non-hydrogen) atoms. The van der Waals surface area contributed by atoms with Crippen LogP contribution in [0.15, 0.2) is 81.9 Å². The SMILES string of the molecule is Cc1ccc(N2C(=O)[C@@H](Cc3cccc(C)c3)S/C2=C(\C#N)C(=O)NCc2ccco2)cc1. The van der Waals surface area contributed by atoms with Crippen LogP contribution < -0.4 is 10.2 Å². The van der Waals surface area contributed by atoms with Gasteiger partial charge in [0.1, 0.15) is 22.4 Å². The van der Waals surface area contributed by atoms with Crippen molar-refractivity contribution in [3.8, 4) is 6.07 Å². The Balaban J connectivity index is 1.68. The van der Waals surface area contributed by atoms with E-state index in [2.05, 4.69) is 5.32 Å². The fraction of sp³-hybridized carbons (Fsp3) is 0.192. The molecule has 2 heterocycles. The Kier molecular flexibility index (Phi) is 6.66. The molecule has 1 fully saturated rings. The van der Waals surface area contributed by atoms with E-state index in [0.717, 1.165) is 16.7 Å². The molecule has 0 saturated carbocycles. The highest BCUT2D eigenvalue weighted by atomic mass is 32.2. The van der Waals surface area contributed by atoms with Crippen LogP contribution in [0.25, 0.3) is 0 Å². The highest BCUT2D eigenvalue weighted by molar-refractivity contribution is 8.05. The topological polar surface area (TPSA) is 86.3 Å². The average molecular weight is 458 g/mol. The maximum atomic E-state index is 13.5. The number of thioether (sulfide) groups is 1. The minimum absolute atomic E-state index is 0.0905. The molecule has 6 nitrogen and oxygen atoms in total. The van der Waals surface area contributed by atoms with Crippen LogP contribution in [0.2, 0.25) is 0 Å². The summed E-state index contributed by atoms with van der Waals surface area (Å²) in [6.45, 7) is 4.12. The number of carbonyl (C=O) groups is 2. The van der Waals surface area contributed by atoms with Gasteiger partial charge in [-0.25, -0.2) is 0 Å². The molecule has 0 spiro atoms. The number of anilines is 1. The van der Waals surface area contributed by atoms with Crippen LogP contribution in [0.3, 0.4) is 0 Å². The molecule has 1 saturated heterocycles. The van der Waals surface area contributed by atoms with E-state index in [1.807, 2.05) is 68.4 Å². The quantitative estimate of drug-likeness (QED) is 0.431. The van der Waals surface area contributed by atoms with Crippen molar-refractivity contribution in [2.45, 2.75) is 32.1 Å². The molecule has 0 unspecified atom stereocenters. The number of nitrogens with zero attached hydrogens (tertiary/aromatic N) is 2. The zero-order chi connectivity index (χ0) is 23.4. The molecular formula is C26H23N3O3S. The summed E-state index contributed by atoms with van der Waals surface area (Å²) >= 11 is 1.26. The average Bonchev–Trinajstić information content (AvgIpc) is 3.42. The summed E-state index contributed by atoms with van der Waals surface area (Å²) in [5.41, 5.74) is 3.74. The number of nitrogens with one attached hydrogen (secondary N) is 1. The van der Waals surface area contributed by atoms with Gasteiger partial charge in [-0.05, 0) is 50.1 Å². The first-order chi connectivity index (χ1) is 16.0. The number of amides is 2. The number of nitriles is 1. The minimum atomic E-state index is -0.544. The van der Waals surface area contributed by atoms with E-state index in [1.54, 1.807) is 12.1 Å². The molecule has 1 aliphatic heterocycles. The van der Waals surface area contributed by atoms with Gasteiger partial charge in [0.25, 0.3) is 5.91 Å². The second-order valence-corrected chi connectivity index (χ2v) is 9.05. The van der Waals surface area contributed by atoms with E-state index >= 15 is 0 Å². The van der Waals surface area contributed by atoms with Gasteiger partial charge < -0.3 is 9.73 Å². The predicted molar refractivity (Wildman–Crippen MR) is 128 cm³/mol. The third-order valence-corrected chi connectivity index (χ3v) is 6.57. The van der Waals surface area contributed by atoms with Gasteiger partial charge in [0.15, 0.2) is 0 Å². The maximum Gasteiger partial charge on any atom is 0.265 e. The summed E-state index contributed by atoms with van der Waals surface area (Å²) in [6, 6.07) is 21.0. The molecule has 0 aliphatic carbocycles. The van der Waals surface area contributed by atoms with Crippen LogP contribution in [0.1, 0.15) is 22.5 Å². The molecule has 1 N–H and O–H groups in total. The number of aryl methyl sites for hydroxylation is 2. The van der Waals surface area contributed by atoms with E-state index < -0.39 is 11.2 Å². The lowest BCUT2D eigenvalue weighted by atomic mass is 10.1. The number of carbonyl (C=O) groups excluding carboxylic acids is 2. The summed E-state index contributed by atoms with van der Waals surface area (Å²) in [4.78, 5) is 27.9. The van der Waals surface area contributed by atoms with Crippen LogP contribution in [-0.2, 0) is 22.6 Å². The van der Waals surface area contributed by atoms with Crippen molar-refractivity contribution in [2.24, 2.45) is 0 Å². The van der Waals surface area contributed by atoms with Gasteiger partial charge in [-0.3, -0.25) is 14.5 Å². The molecule has 1 aliphatic rings. The molecule has 3 aromatic rings. The zero-order valence-corrected chi connectivity index (χ0v) is 19.2. The van der Waals surface area contributed by atoms with Gasteiger partial charge in [0.2, 0.25) is 5.91 Å². The first-order valence-corrected chi connectivity index (χ1v) is 11.4. The summed E-state index contributed by atoms with van der Waals surface area (Å²) in [6.07, 6.45) is 2.02. The fourth-order valence-corrected chi connectivity index (χ4v) is 4.95.